The van der Waals surface area contributed by atoms with E-state index in [1.165, 1.54) is 12.5 Å². The maximum absolute atomic E-state index is 11.8. The van der Waals surface area contributed by atoms with Crippen LogP contribution in [0.5, 0.6) is 0 Å². The van der Waals surface area contributed by atoms with Crippen LogP contribution in [-0.4, -0.2) is 17.1 Å². The lowest BCUT2D eigenvalue weighted by atomic mass is 10.1. The van der Waals surface area contributed by atoms with E-state index in [0.717, 1.165) is 0 Å². The van der Waals surface area contributed by atoms with Crippen LogP contribution in [0.25, 0.3) is 0 Å². The van der Waals surface area contributed by atoms with Gasteiger partial charge in [0.1, 0.15) is 0 Å². The summed E-state index contributed by atoms with van der Waals surface area (Å²) in [7, 11) is 0. The molecule has 0 aromatic carbocycles. The molecule has 76 valence electrons. The molecule has 0 bridgehead atoms. The van der Waals surface area contributed by atoms with Crippen LogP contribution in [0, 0.1) is 6.92 Å². The highest BCUT2D eigenvalue weighted by molar-refractivity contribution is 6.08. The van der Waals surface area contributed by atoms with Gasteiger partial charge in [0.05, 0.1) is 12.0 Å². The molecule has 0 saturated heterocycles. The number of nitrogens with one attached hydrogen (secondary N) is 1. The first kappa shape index (κ1) is 9.45. The molecule has 2 rings (SSSR count). The Hall–Kier alpha value is -2.10. The minimum atomic E-state index is -0.221. The summed E-state index contributed by atoms with van der Waals surface area (Å²) in [6.07, 6.45) is 3.65. The molecule has 0 fully saturated rings. The molecule has 4 nitrogen and oxygen atoms in total. The molecule has 0 saturated carbocycles. The van der Waals surface area contributed by atoms with Gasteiger partial charge in [0.2, 0.25) is 5.78 Å². The fourth-order valence-electron chi connectivity index (χ4n) is 1.41. The normalized spacial score (nSPS) is 10.2. The predicted molar refractivity (Wildman–Crippen MR) is 53.1 cm³/mol. The van der Waals surface area contributed by atoms with Gasteiger partial charge >= 0.3 is 0 Å². The zero-order valence-electron chi connectivity index (χ0n) is 8.11. The smallest absolute Gasteiger partial charge is 0.229 e. The number of H-pyrrole nitrogens is 1. The third kappa shape index (κ3) is 1.50. The van der Waals surface area contributed by atoms with E-state index >= 15 is 0 Å². The molecule has 0 amide bonds. The Morgan fingerprint density at radius 2 is 2.33 bits per heavy atom. The maximum Gasteiger partial charge on any atom is 0.229 e. The summed E-state index contributed by atoms with van der Waals surface area (Å²) in [5, 5.41) is 0. The highest BCUT2D eigenvalue weighted by Crippen LogP contribution is 2.16. The van der Waals surface area contributed by atoms with Gasteiger partial charge in [-0.25, -0.2) is 0 Å². The topological polar surface area (TPSA) is 63.1 Å². The van der Waals surface area contributed by atoms with Crippen molar-refractivity contribution in [3.63, 3.8) is 0 Å². The quantitative estimate of drug-likeness (QED) is 0.612. The van der Waals surface area contributed by atoms with E-state index in [1.54, 1.807) is 19.1 Å². The number of furan rings is 1. The second-order valence-corrected chi connectivity index (χ2v) is 3.17. The Morgan fingerprint density at radius 3 is 2.87 bits per heavy atom. The van der Waals surface area contributed by atoms with E-state index in [-0.39, 0.29) is 11.5 Å². The second-order valence-electron chi connectivity index (χ2n) is 3.17. The van der Waals surface area contributed by atoms with Crippen molar-refractivity contribution in [3.05, 3.63) is 47.2 Å². The predicted octanol–water partition coefficient (Wildman–Crippen LogP) is 1.96. The summed E-state index contributed by atoms with van der Waals surface area (Å²) < 4.78 is 5.00. The van der Waals surface area contributed by atoms with Crippen LogP contribution in [-0.2, 0) is 0 Å². The number of aldehydes is 1. The summed E-state index contributed by atoms with van der Waals surface area (Å²) in [6, 6.07) is 3.24. The summed E-state index contributed by atoms with van der Waals surface area (Å²) in [6.45, 7) is 1.72. The summed E-state index contributed by atoms with van der Waals surface area (Å²) in [5.74, 6) is 0.0522. The number of hydrogen-bond acceptors (Lipinski definition) is 3. The molecule has 0 unspecified atom stereocenters. The van der Waals surface area contributed by atoms with Gasteiger partial charge < -0.3 is 9.40 Å². The fraction of sp³-hybridized carbons (Fsp3) is 0.0909. The first-order valence-corrected chi connectivity index (χ1v) is 4.45. The lowest BCUT2D eigenvalue weighted by Gasteiger charge is -1.95. The van der Waals surface area contributed by atoms with Gasteiger partial charge in [-0.05, 0) is 24.6 Å². The lowest BCUT2D eigenvalue weighted by molar-refractivity contribution is 0.101. The van der Waals surface area contributed by atoms with E-state index in [9.17, 15) is 9.59 Å². The van der Waals surface area contributed by atoms with Gasteiger partial charge in [0, 0.05) is 11.8 Å². The number of carbonyl (C=O) groups excluding carboxylic acids is 2. The van der Waals surface area contributed by atoms with Crippen LogP contribution in [0.2, 0.25) is 0 Å². The standard InChI is InChI=1S/C11H9NO3/c1-7-8(5-12-9(7)6-13)11(14)10-3-2-4-15-10/h2-6,12H,1H3. The van der Waals surface area contributed by atoms with E-state index in [4.69, 9.17) is 4.42 Å². The van der Waals surface area contributed by atoms with Crippen LogP contribution in [0.4, 0.5) is 0 Å². The monoisotopic (exact) mass is 203 g/mol. The summed E-state index contributed by atoms with van der Waals surface area (Å²) in [4.78, 5) is 25.1. The molecule has 0 radical (unpaired) electrons. The van der Waals surface area contributed by atoms with Crippen LogP contribution in [0.1, 0.15) is 32.2 Å². The Morgan fingerprint density at radius 1 is 1.53 bits per heavy atom. The van der Waals surface area contributed by atoms with E-state index in [0.29, 0.717) is 23.1 Å². The van der Waals surface area contributed by atoms with Crippen molar-refractivity contribution in [3.8, 4) is 0 Å². The number of rotatable bonds is 3. The van der Waals surface area contributed by atoms with Crippen LogP contribution >= 0.6 is 0 Å². The third-order valence-electron chi connectivity index (χ3n) is 2.29. The van der Waals surface area contributed by atoms with Gasteiger partial charge in [-0.1, -0.05) is 0 Å². The van der Waals surface area contributed by atoms with Gasteiger partial charge in [-0.15, -0.1) is 0 Å². The Bertz CT molecular complexity index is 494. The van der Waals surface area contributed by atoms with E-state index in [2.05, 4.69) is 4.98 Å². The van der Waals surface area contributed by atoms with E-state index in [1.807, 2.05) is 0 Å². The molecule has 2 aromatic rings. The number of hydrogen-bond donors (Lipinski definition) is 1. The highest BCUT2D eigenvalue weighted by Gasteiger charge is 2.17. The number of aromatic amines is 1. The second kappa shape index (κ2) is 3.57. The molecule has 0 aliphatic carbocycles. The SMILES string of the molecule is Cc1c(C(=O)c2ccco2)c[nH]c1C=O. The maximum atomic E-state index is 11.8. The van der Waals surface area contributed by atoms with Crippen molar-refractivity contribution in [1.82, 2.24) is 4.98 Å². The average Bonchev–Trinajstić information content (AvgIpc) is 2.85. The number of ketones is 1. The van der Waals surface area contributed by atoms with Crippen molar-refractivity contribution in [1.29, 1.82) is 0 Å². The zero-order valence-corrected chi connectivity index (χ0v) is 8.11. The Kier molecular flexibility index (Phi) is 2.25. The van der Waals surface area contributed by atoms with Crippen LogP contribution in [0.3, 0.4) is 0 Å². The number of aromatic nitrogens is 1. The van der Waals surface area contributed by atoms with Gasteiger partial charge in [-0.3, -0.25) is 9.59 Å². The van der Waals surface area contributed by atoms with Crippen molar-refractivity contribution in [2.75, 3.05) is 0 Å². The minimum Gasteiger partial charge on any atom is -0.461 e. The van der Waals surface area contributed by atoms with Gasteiger partial charge in [0.15, 0.2) is 12.0 Å². The largest absolute Gasteiger partial charge is 0.461 e. The highest BCUT2D eigenvalue weighted by atomic mass is 16.3. The molecule has 4 heteroatoms. The van der Waals surface area contributed by atoms with Crippen molar-refractivity contribution in [2.24, 2.45) is 0 Å². The molecule has 0 aliphatic heterocycles. The Balaban J connectivity index is 2.42. The average molecular weight is 203 g/mol. The van der Waals surface area contributed by atoms with Crippen molar-refractivity contribution < 1.29 is 14.0 Å². The molecular weight excluding hydrogens is 194 g/mol. The van der Waals surface area contributed by atoms with Crippen molar-refractivity contribution >= 4 is 12.1 Å². The third-order valence-corrected chi connectivity index (χ3v) is 2.29. The van der Waals surface area contributed by atoms with E-state index < -0.39 is 0 Å². The lowest BCUT2D eigenvalue weighted by Crippen LogP contribution is -2.00. The van der Waals surface area contributed by atoms with Crippen LogP contribution in [0.15, 0.2) is 29.0 Å². The van der Waals surface area contributed by atoms with Gasteiger partial charge in [0.25, 0.3) is 0 Å². The molecule has 2 aromatic heterocycles. The summed E-state index contributed by atoms with van der Waals surface area (Å²) >= 11 is 0. The number of carbonyl (C=O) groups is 2. The van der Waals surface area contributed by atoms with Crippen LogP contribution < -0.4 is 0 Å². The molecule has 2 heterocycles. The minimum absolute atomic E-state index is 0.221. The van der Waals surface area contributed by atoms with Crippen molar-refractivity contribution in [2.45, 2.75) is 6.92 Å². The molecular formula is C11H9NO3. The first-order valence-electron chi connectivity index (χ1n) is 4.45. The summed E-state index contributed by atoms with van der Waals surface area (Å²) in [5.41, 5.74) is 1.53. The fourth-order valence-corrected chi connectivity index (χ4v) is 1.41. The molecule has 15 heavy (non-hydrogen) atoms. The molecule has 0 aliphatic rings. The van der Waals surface area contributed by atoms with Gasteiger partial charge in [-0.2, -0.15) is 0 Å². The molecule has 0 atom stereocenters. The first-order chi connectivity index (χ1) is 7.24. The zero-order chi connectivity index (χ0) is 10.8. The molecule has 0 spiro atoms. The Labute approximate surface area is 85.9 Å². The molecule has 1 N–H and O–H groups in total.